The van der Waals surface area contributed by atoms with Crippen LogP contribution in [0.5, 0.6) is 0 Å². The van der Waals surface area contributed by atoms with Gasteiger partial charge in [-0.2, -0.15) is 0 Å². The zero-order chi connectivity index (χ0) is 7.33. The van der Waals surface area contributed by atoms with E-state index in [2.05, 4.69) is 13.8 Å². The fraction of sp³-hybridized carbons (Fsp3) is 1.00. The van der Waals surface area contributed by atoms with Crippen LogP contribution in [0.25, 0.3) is 0 Å². The van der Waals surface area contributed by atoms with Crippen molar-refractivity contribution in [1.29, 1.82) is 0 Å². The van der Waals surface area contributed by atoms with Gasteiger partial charge in [0.15, 0.2) is 0 Å². The van der Waals surface area contributed by atoms with Crippen LogP contribution in [0.4, 0.5) is 0 Å². The second kappa shape index (κ2) is 4.13. The summed E-state index contributed by atoms with van der Waals surface area (Å²) in [5, 5.41) is 0. The summed E-state index contributed by atoms with van der Waals surface area (Å²) in [7, 11) is 1.71. The maximum absolute atomic E-state index is 5.71. The number of halogens is 1. The van der Waals surface area contributed by atoms with Gasteiger partial charge in [0.1, 0.15) is 0 Å². The molecular formula is C7H15ClO. The predicted molar refractivity (Wildman–Crippen MR) is 41.0 cm³/mol. The van der Waals surface area contributed by atoms with Crippen molar-refractivity contribution in [2.45, 2.75) is 20.3 Å². The van der Waals surface area contributed by atoms with Gasteiger partial charge in [0, 0.05) is 18.4 Å². The van der Waals surface area contributed by atoms with Crippen LogP contribution >= 0.6 is 11.6 Å². The maximum atomic E-state index is 5.71. The van der Waals surface area contributed by atoms with Gasteiger partial charge >= 0.3 is 0 Å². The minimum Gasteiger partial charge on any atom is -0.384 e. The van der Waals surface area contributed by atoms with Crippen LogP contribution in [0.3, 0.4) is 0 Å². The van der Waals surface area contributed by atoms with E-state index in [0.717, 1.165) is 13.0 Å². The highest BCUT2D eigenvalue weighted by atomic mass is 35.5. The van der Waals surface area contributed by atoms with Gasteiger partial charge in [-0.15, -0.1) is 11.6 Å². The first kappa shape index (κ1) is 9.25. The summed E-state index contributed by atoms with van der Waals surface area (Å²) in [5.74, 6) is 0.678. The molecule has 0 aromatic heterocycles. The van der Waals surface area contributed by atoms with Gasteiger partial charge in [0.05, 0.1) is 6.61 Å². The molecule has 1 atom stereocenters. The van der Waals surface area contributed by atoms with Crippen LogP contribution in [0.2, 0.25) is 0 Å². The zero-order valence-corrected chi connectivity index (χ0v) is 7.16. The summed E-state index contributed by atoms with van der Waals surface area (Å²) in [5.41, 5.74) is 0.177. The summed E-state index contributed by atoms with van der Waals surface area (Å²) >= 11 is 5.71. The predicted octanol–water partition coefficient (Wildman–Crippen LogP) is 2.29. The highest BCUT2D eigenvalue weighted by Crippen LogP contribution is 2.22. The number of ether oxygens (including phenoxy) is 1. The minimum absolute atomic E-state index is 0.177. The van der Waals surface area contributed by atoms with E-state index >= 15 is 0 Å². The Hall–Kier alpha value is 0.250. The van der Waals surface area contributed by atoms with Gasteiger partial charge in [-0.1, -0.05) is 13.8 Å². The lowest BCUT2D eigenvalue weighted by molar-refractivity contribution is 0.104. The van der Waals surface area contributed by atoms with Gasteiger partial charge in [-0.3, -0.25) is 0 Å². The fourth-order valence-electron chi connectivity index (χ4n) is 0.584. The van der Waals surface area contributed by atoms with E-state index in [-0.39, 0.29) is 5.41 Å². The van der Waals surface area contributed by atoms with E-state index in [9.17, 15) is 0 Å². The van der Waals surface area contributed by atoms with Crippen LogP contribution in [0.1, 0.15) is 20.3 Å². The summed E-state index contributed by atoms with van der Waals surface area (Å²) < 4.78 is 5.00. The van der Waals surface area contributed by atoms with E-state index in [1.54, 1.807) is 7.11 Å². The average molecular weight is 151 g/mol. The van der Waals surface area contributed by atoms with Crippen LogP contribution in [-0.4, -0.2) is 19.6 Å². The van der Waals surface area contributed by atoms with Crippen LogP contribution in [0.15, 0.2) is 0 Å². The van der Waals surface area contributed by atoms with Crippen LogP contribution in [0, 0.1) is 5.41 Å². The molecule has 56 valence electrons. The van der Waals surface area contributed by atoms with Crippen LogP contribution < -0.4 is 0 Å². The molecular weight excluding hydrogens is 136 g/mol. The number of hydrogen-bond donors (Lipinski definition) is 0. The van der Waals surface area contributed by atoms with Crippen molar-refractivity contribution in [3.05, 3.63) is 0 Å². The monoisotopic (exact) mass is 150 g/mol. The van der Waals surface area contributed by atoms with E-state index < -0.39 is 0 Å². The van der Waals surface area contributed by atoms with Crippen molar-refractivity contribution < 1.29 is 4.74 Å². The van der Waals surface area contributed by atoms with E-state index in [4.69, 9.17) is 16.3 Å². The molecule has 0 rings (SSSR count). The van der Waals surface area contributed by atoms with Crippen molar-refractivity contribution in [1.82, 2.24) is 0 Å². The highest BCUT2D eigenvalue weighted by molar-refractivity contribution is 6.18. The molecule has 0 aromatic rings. The molecule has 0 saturated carbocycles. The number of rotatable bonds is 4. The summed E-state index contributed by atoms with van der Waals surface area (Å²) in [6.45, 7) is 5.01. The Morgan fingerprint density at radius 1 is 1.56 bits per heavy atom. The van der Waals surface area contributed by atoms with Gasteiger partial charge < -0.3 is 4.74 Å². The van der Waals surface area contributed by atoms with Gasteiger partial charge in [0.25, 0.3) is 0 Å². The van der Waals surface area contributed by atoms with Crippen LogP contribution in [-0.2, 0) is 4.74 Å². The smallest absolute Gasteiger partial charge is 0.0527 e. The molecule has 0 aliphatic carbocycles. The maximum Gasteiger partial charge on any atom is 0.0527 e. The minimum atomic E-state index is 0.177. The Labute approximate surface area is 62.3 Å². The van der Waals surface area contributed by atoms with E-state index in [1.807, 2.05) is 0 Å². The Bertz CT molecular complexity index is 69.3. The third-order valence-electron chi connectivity index (χ3n) is 1.67. The SMILES string of the molecule is CCC(C)(CCl)COC. The fourth-order valence-corrected chi connectivity index (χ4v) is 0.850. The lowest BCUT2D eigenvalue weighted by Gasteiger charge is -2.23. The Morgan fingerprint density at radius 3 is 2.22 bits per heavy atom. The van der Waals surface area contributed by atoms with E-state index in [0.29, 0.717) is 5.88 Å². The second-order valence-electron chi connectivity index (χ2n) is 2.73. The van der Waals surface area contributed by atoms with Crippen molar-refractivity contribution >= 4 is 11.6 Å². The molecule has 1 unspecified atom stereocenters. The Kier molecular flexibility index (Phi) is 4.24. The molecule has 0 radical (unpaired) electrons. The van der Waals surface area contributed by atoms with Crippen molar-refractivity contribution in [2.24, 2.45) is 5.41 Å². The van der Waals surface area contributed by atoms with Crippen molar-refractivity contribution in [2.75, 3.05) is 19.6 Å². The third kappa shape index (κ3) is 3.07. The molecule has 0 saturated heterocycles. The standard InChI is InChI=1S/C7H15ClO/c1-4-7(2,5-8)6-9-3/h4-6H2,1-3H3. The molecule has 0 heterocycles. The number of hydrogen-bond acceptors (Lipinski definition) is 1. The first-order valence-electron chi connectivity index (χ1n) is 3.23. The zero-order valence-electron chi connectivity index (χ0n) is 6.41. The molecule has 9 heavy (non-hydrogen) atoms. The lowest BCUT2D eigenvalue weighted by atomic mass is 9.91. The first-order valence-corrected chi connectivity index (χ1v) is 3.77. The molecule has 0 aliphatic heterocycles. The molecule has 0 bridgehead atoms. The first-order chi connectivity index (χ1) is 4.18. The van der Waals surface area contributed by atoms with Gasteiger partial charge in [-0.25, -0.2) is 0 Å². The number of methoxy groups -OCH3 is 1. The molecule has 0 aliphatic rings. The highest BCUT2D eigenvalue weighted by Gasteiger charge is 2.19. The molecule has 0 amide bonds. The molecule has 0 aromatic carbocycles. The van der Waals surface area contributed by atoms with Crippen molar-refractivity contribution in [3.63, 3.8) is 0 Å². The number of alkyl halides is 1. The van der Waals surface area contributed by atoms with Gasteiger partial charge in [-0.05, 0) is 6.42 Å². The molecule has 0 N–H and O–H groups in total. The quantitative estimate of drug-likeness (QED) is 0.559. The lowest BCUT2D eigenvalue weighted by Crippen LogP contribution is -2.23. The van der Waals surface area contributed by atoms with Gasteiger partial charge in [0.2, 0.25) is 0 Å². The topological polar surface area (TPSA) is 9.23 Å². The molecule has 2 heteroatoms. The normalized spacial score (nSPS) is 17.3. The Balaban J connectivity index is 3.62. The average Bonchev–Trinajstić information content (AvgIpc) is 1.89. The molecule has 0 fully saturated rings. The molecule has 0 spiro atoms. The summed E-state index contributed by atoms with van der Waals surface area (Å²) in [6, 6.07) is 0. The largest absolute Gasteiger partial charge is 0.384 e. The second-order valence-corrected chi connectivity index (χ2v) is 3.00. The third-order valence-corrected chi connectivity index (χ3v) is 2.31. The summed E-state index contributed by atoms with van der Waals surface area (Å²) in [4.78, 5) is 0. The Morgan fingerprint density at radius 2 is 2.11 bits per heavy atom. The van der Waals surface area contributed by atoms with Crippen molar-refractivity contribution in [3.8, 4) is 0 Å². The summed E-state index contributed by atoms with van der Waals surface area (Å²) in [6.07, 6.45) is 1.07. The van der Waals surface area contributed by atoms with E-state index in [1.165, 1.54) is 0 Å². The molecule has 1 nitrogen and oxygen atoms in total.